The molecule has 0 unspecified atom stereocenters. The maximum absolute atomic E-state index is 10.2. The number of fused-ring (bicyclic) bond motifs is 1. The van der Waals surface area contributed by atoms with Crippen molar-refractivity contribution in [1.29, 1.82) is 0 Å². The van der Waals surface area contributed by atoms with E-state index in [-0.39, 0.29) is 18.2 Å². The SMILES string of the molecule is Cl.Oc1ccc2ccccc2c1/C=N/N1CCN(Cc2ccccc2Cl)CC1. The first-order chi connectivity index (χ1) is 13.2. The van der Waals surface area contributed by atoms with Crippen molar-refractivity contribution < 1.29 is 5.11 Å². The number of rotatable bonds is 4. The zero-order chi connectivity index (χ0) is 18.6. The summed E-state index contributed by atoms with van der Waals surface area (Å²) in [6, 6.07) is 19.7. The Morgan fingerprint density at radius 3 is 2.43 bits per heavy atom. The van der Waals surface area contributed by atoms with Gasteiger partial charge in [0.15, 0.2) is 0 Å². The van der Waals surface area contributed by atoms with E-state index in [0.717, 1.165) is 59.6 Å². The molecule has 28 heavy (non-hydrogen) atoms. The second-order valence-corrected chi connectivity index (χ2v) is 7.19. The molecule has 1 heterocycles. The molecule has 1 saturated heterocycles. The van der Waals surface area contributed by atoms with Crippen molar-refractivity contribution in [3.63, 3.8) is 0 Å². The fraction of sp³-hybridized carbons (Fsp3) is 0.227. The van der Waals surface area contributed by atoms with Crippen LogP contribution in [0.4, 0.5) is 0 Å². The summed E-state index contributed by atoms with van der Waals surface area (Å²) in [5.74, 6) is 0.259. The maximum Gasteiger partial charge on any atom is 0.125 e. The standard InChI is InChI=1S/C22H22ClN3O.ClH/c23-21-8-4-2-6-18(21)16-25-11-13-26(14-12-25)24-15-20-19-7-3-1-5-17(19)9-10-22(20)27;/h1-10,15,27H,11-14,16H2;1H/b24-15+;. The number of benzene rings is 3. The fourth-order valence-electron chi connectivity index (χ4n) is 3.44. The minimum Gasteiger partial charge on any atom is -0.507 e. The smallest absolute Gasteiger partial charge is 0.125 e. The molecule has 0 atom stereocenters. The topological polar surface area (TPSA) is 39.1 Å². The molecule has 0 spiro atoms. The number of aromatic hydroxyl groups is 1. The molecular formula is C22H23Cl2N3O. The van der Waals surface area contributed by atoms with E-state index in [9.17, 15) is 5.11 Å². The monoisotopic (exact) mass is 415 g/mol. The van der Waals surface area contributed by atoms with E-state index in [1.165, 1.54) is 0 Å². The summed E-state index contributed by atoms with van der Waals surface area (Å²) in [6.07, 6.45) is 1.78. The Kier molecular flexibility index (Phi) is 6.79. The Morgan fingerprint density at radius 1 is 0.929 bits per heavy atom. The third kappa shape index (κ3) is 4.58. The van der Waals surface area contributed by atoms with Gasteiger partial charge in [-0.2, -0.15) is 5.10 Å². The van der Waals surface area contributed by atoms with Crippen molar-refractivity contribution in [1.82, 2.24) is 9.91 Å². The first-order valence-corrected chi connectivity index (χ1v) is 9.54. The van der Waals surface area contributed by atoms with Gasteiger partial charge in [-0.15, -0.1) is 12.4 Å². The predicted octanol–water partition coefficient (Wildman–Crippen LogP) is 4.77. The van der Waals surface area contributed by atoms with Crippen LogP contribution in [0.15, 0.2) is 65.8 Å². The molecule has 6 heteroatoms. The van der Waals surface area contributed by atoms with Gasteiger partial charge in [0.25, 0.3) is 0 Å². The number of hydrazone groups is 1. The number of nitrogens with zero attached hydrogens (tertiary/aromatic N) is 3. The summed E-state index contributed by atoms with van der Waals surface area (Å²) in [5, 5.41) is 19.9. The number of hydrogen-bond donors (Lipinski definition) is 1. The van der Waals surface area contributed by atoms with Gasteiger partial charge in [0.1, 0.15) is 5.75 Å². The Labute approximate surface area is 176 Å². The van der Waals surface area contributed by atoms with E-state index in [4.69, 9.17) is 11.6 Å². The molecule has 146 valence electrons. The fourth-order valence-corrected chi connectivity index (χ4v) is 3.63. The quantitative estimate of drug-likeness (QED) is 0.623. The molecule has 1 fully saturated rings. The number of phenols is 1. The van der Waals surface area contributed by atoms with Gasteiger partial charge < -0.3 is 5.11 Å². The first kappa shape index (κ1) is 20.5. The third-order valence-electron chi connectivity index (χ3n) is 5.00. The highest BCUT2D eigenvalue weighted by atomic mass is 35.5. The van der Waals surface area contributed by atoms with Crippen molar-refractivity contribution in [3.05, 3.63) is 76.8 Å². The predicted molar refractivity (Wildman–Crippen MR) is 119 cm³/mol. The molecule has 1 aliphatic heterocycles. The Morgan fingerprint density at radius 2 is 1.64 bits per heavy atom. The van der Waals surface area contributed by atoms with E-state index in [2.05, 4.69) is 21.1 Å². The molecule has 3 aromatic rings. The molecule has 0 amide bonds. The van der Waals surface area contributed by atoms with Gasteiger partial charge >= 0.3 is 0 Å². The molecule has 0 aromatic heterocycles. The summed E-state index contributed by atoms with van der Waals surface area (Å²) >= 11 is 6.27. The first-order valence-electron chi connectivity index (χ1n) is 9.16. The largest absolute Gasteiger partial charge is 0.507 e. The van der Waals surface area contributed by atoms with Gasteiger partial charge in [-0.3, -0.25) is 9.91 Å². The van der Waals surface area contributed by atoms with E-state index in [0.29, 0.717) is 0 Å². The third-order valence-corrected chi connectivity index (χ3v) is 5.37. The van der Waals surface area contributed by atoms with Gasteiger partial charge in [-0.05, 0) is 28.5 Å². The average molecular weight is 416 g/mol. The summed E-state index contributed by atoms with van der Waals surface area (Å²) in [5.41, 5.74) is 1.93. The van der Waals surface area contributed by atoms with Crippen LogP contribution in [0.2, 0.25) is 5.02 Å². The summed E-state index contributed by atoms with van der Waals surface area (Å²) in [4.78, 5) is 2.39. The number of halogens is 2. The molecule has 1 aliphatic rings. The lowest BCUT2D eigenvalue weighted by Crippen LogP contribution is -2.43. The molecule has 0 saturated carbocycles. The van der Waals surface area contributed by atoms with Gasteiger partial charge in [-0.25, -0.2) is 0 Å². The van der Waals surface area contributed by atoms with E-state index < -0.39 is 0 Å². The van der Waals surface area contributed by atoms with Gasteiger partial charge in [0.2, 0.25) is 0 Å². The maximum atomic E-state index is 10.2. The molecule has 4 nitrogen and oxygen atoms in total. The van der Waals surface area contributed by atoms with Crippen LogP contribution in [0.3, 0.4) is 0 Å². The second kappa shape index (κ2) is 9.28. The zero-order valence-corrected chi connectivity index (χ0v) is 17.0. The average Bonchev–Trinajstić information content (AvgIpc) is 2.70. The van der Waals surface area contributed by atoms with Crippen molar-refractivity contribution >= 4 is 41.0 Å². The van der Waals surface area contributed by atoms with Crippen molar-refractivity contribution in [2.45, 2.75) is 6.54 Å². The summed E-state index contributed by atoms with van der Waals surface area (Å²) in [6.45, 7) is 4.44. The van der Waals surface area contributed by atoms with Crippen LogP contribution in [0, 0.1) is 0 Å². The lowest BCUT2D eigenvalue weighted by atomic mass is 10.0. The Bertz CT molecular complexity index is 969. The van der Waals surface area contributed by atoms with Crippen LogP contribution in [0.5, 0.6) is 5.75 Å². The molecule has 1 N–H and O–H groups in total. The highest BCUT2D eigenvalue weighted by molar-refractivity contribution is 6.31. The van der Waals surface area contributed by atoms with Crippen LogP contribution >= 0.6 is 24.0 Å². The number of piperazine rings is 1. The summed E-state index contributed by atoms with van der Waals surface area (Å²) < 4.78 is 0. The normalized spacial score (nSPS) is 15.1. The molecular weight excluding hydrogens is 393 g/mol. The lowest BCUT2D eigenvalue weighted by Gasteiger charge is -2.33. The van der Waals surface area contributed by atoms with Crippen LogP contribution in [0.1, 0.15) is 11.1 Å². The van der Waals surface area contributed by atoms with Crippen molar-refractivity contribution in [2.24, 2.45) is 5.10 Å². The van der Waals surface area contributed by atoms with Crippen LogP contribution in [0.25, 0.3) is 10.8 Å². The van der Waals surface area contributed by atoms with Gasteiger partial charge in [0, 0.05) is 43.3 Å². The number of hydrogen-bond acceptors (Lipinski definition) is 4. The van der Waals surface area contributed by atoms with Gasteiger partial charge in [-0.1, -0.05) is 60.1 Å². The Balaban J connectivity index is 0.00000225. The molecule has 3 aromatic carbocycles. The van der Waals surface area contributed by atoms with E-state index in [1.807, 2.05) is 48.5 Å². The van der Waals surface area contributed by atoms with E-state index in [1.54, 1.807) is 12.3 Å². The zero-order valence-electron chi connectivity index (χ0n) is 15.5. The van der Waals surface area contributed by atoms with Crippen LogP contribution in [-0.4, -0.2) is 47.4 Å². The second-order valence-electron chi connectivity index (χ2n) is 6.79. The minimum absolute atomic E-state index is 0. The van der Waals surface area contributed by atoms with Gasteiger partial charge in [0.05, 0.1) is 6.21 Å². The lowest BCUT2D eigenvalue weighted by molar-refractivity contribution is 0.131. The highest BCUT2D eigenvalue weighted by Crippen LogP contribution is 2.25. The molecule has 0 aliphatic carbocycles. The number of phenolic OH excluding ortho intramolecular Hbond substituents is 1. The van der Waals surface area contributed by atoms with Crippen LogP contribution < -0.4 is 0 Å². The van der Waals surface area contributed by atoms with Crippen molar-refractivity contribution in [2.75, 3.05) is 26.2 Å². The highest BCUT2D eigenvalue weighted by Gasteiger charge is 2.16. The minimum atomic E-state index is 0. The molecule has 0 radical (unpaired) electrons. The van der Waals surface area contributed by atoms with Crippen LogP contribution in [-0.2, 0) is 6.54 Å². The Hall–Kier alpha value is -2.27. The summed E-state index contributed by atoms with van der Waals surface area (Å²) in [7, 11) is 0. The molecule has 0 bridgehead atoms. The van der Waals surface area contributed by atoms with Crippen molar-refractivity contribution in [3.8, 4) is 5.75 Å². The van der Waals surface area contributed by atoms with E-state index >= 15 is 0 Å². The molecule has 4 rings (SSSR count).